The lowest BCUT2D eigenvalue weighted by molar-refractivity contribution is -0.384. The molecule has 30 heavy (non-hydrogen) atoms. The minimum atomic E-state index is -0.771. The van der Waals surface area contributed by atoms with Crippen LogP contribution in [0.4, 0.5) is 5.69 Å². The summed E-state index contributed by atoms with van der Waals surface area (Å²) in [5.74, 6) is -0.516. The average molecular weight is 426 g/mol. The highest BCUT2D eigenvalue weighted by atomic mass is 35.5. The van der Waals surface area contributed by atoms with Gasteiger partial charge in [-0.25, -0.2) is 5.43 Å². The predicted molar refractivity (Wildman–Crippen MR) is 112 cm³/mol. The summed E-state index contributed by atoms with van der Waals surface area (Å²) in [6.45, 7) is 0.329. The Morgan fingerprint density at radius 1 is 1.17 bits per heavy atom. The zero-order valence-electron chi connectivity index (χ0n) is 15.5. The van der Waals surface area contributed by atoms with Gasteiger partial charge in [-0.05, 0) is 42.0 Å². The Morgan fingerprint density at radius 2 is 1.90 bits per heavy atom. The third kappa shape index (κ3) is 5.33. The van der Waals surface area contributed by atoms with Gasteiger partial charge in [-0.15, -0.1) is 0 Å². The number of nitro benzene ring substituents is 1. The predicted octanol–water partition coefficient (Wildman–Crippen LogP) is 4.30. The van der Waals surface area contributed by atoms with Crippen molar-refractivity contribution in [1.29, 1.82) is 0 Å². The zero-order chi connectivity index (χ0) is 21.5. The molecule has 9 heteroatoms. The molecule has 2 N–H and O–H groups in total. The minimum absolute atomic E-state index is 0.246. The molecule has 0 fully saturated rings. The molecule has 8 nitrogen and oxygen atoms in total. The van der Waals surface area contributed by atoms with Crippen LogP contribution in [0.2, 0.25) is 5.02 Å². The number of rotatable bonds is 7. The SMILES string of the molecule is O=C(N/N=C\c1ccc(OCc2ccccc2Cl)cc1)c1cc([N+](=O)[O-])ccc1O. The molecule has 0 spiro atoms. The number of amides is 1. The maximum absolute atomic E-state index is 12.1. The molecule has 0 aliphatic carbocycles. The summed E-state index contributed by atoms with van der Waals surface area (Å²) >= 11 is 6.10. The van der Waals surface area contributed by atoms with Crippen LogP contribution in [0, 0.1) is 10.1 Å². The molecule has 0 unspecified atom stereocenters. The number of nitro groups is 1. The van der Waals surface area contributed by atoms with E-state index in [9.17, 15) is 20.0 Å². The van der Waals surface area contributed by atoms with Crippen molar-refractivity contribution < 1.29 is 19.6 Å². The van der Waals surface area contributed by atoms with Gasteiger partial charge in [0.1, 0.15) is 18.1 Å². The molecule has 3 aromatic carbocycles. The molecule has 0 aliphatic rings. The van der Waals surface area contributed by atoms with Gasteiger partial charge in [0.05, 0.1) is 16.7 Å². The van der Waals surface area contributed by atoms with Crippen LogP contribution in [0.15, 0.2) is 71.8 Å². The van der Waals surface area contributed by atoms with Crippen molar-refractivity contribution in [1.82, 2.24) is 5.43 Å². The fraction of sp³-hybridized carbons (Fsp3) is 0.0476. The Labute approximate surface area is 176 Å². The molecule has 152 valence electrons. The van der Waals surface area contributed by atoms with E-state index in [0.717, 1.165) is 23.8 Å². The average Bonchev–Trinajstić information content (AvgIpc) is 2.74. The quantitative estimate of drug-likeness (QED) is 0.333. The Morgan fingerprint density at radius 3 is 2.60 bits per heavy atom. The van der Waals surface area contributed by atoms with Crippen molar-refractivity contribution in [2.24, 2.45) is 5.10 Å². The van der Waals surface area contributed by atoms with Crippen molar-refractivity contribution in [2.45, 2.75) is 6.61 Å². The first kappa shape index (κ1) is 20.8. The number of phenols is 1. The Hall–Kier alpha value is -3.91. The van der Waals surface area contributed by atoms with Crippen LogP contribution in [-0.4, -0.2) is 22.2 Å². The van der Waals surface area contributed by atoms with Gasteiger partial charge in [0.2, 0.25) is 0 Å². The van der Waals surface area contributed by atoms with Gasteiger partial charge >= 0.3 is 0 Å². The molecule has 0 saturated carbocycles. The maximum atomic E-state index is 12.1. The van der Waals surface area contributed by atoms with Crippen LogP contribution >= 0.6 is 11.6 Å². The fourth-order valence-corrected chi connectivity index (χ4v) is 2.66. The Balaban J connectivity index is 1.58. The number of benzene rings is 3. The van der Waals surface area contributed by atoms with Crippen LogP contribution in [0.3, 0.4) is 0 Å². The lowest BCUT2D eigenvalue weighted by Gasteiger charge is -2.07. The third-order valence-electron chi connectivity index (χ3n) is 4.05. The first-order chi connectivity index (χ1) is 14.4. The van der Waals surface area contributed by atoms with E-state index in [-0.39, 0.29) is 17.0 Å². The number of carbonyl (C=O) groups is 1. The minimum Gasteiger partial charge on any atom is -0.507 e. The topological polar surface area (TPSA) is 114 Å². The van der Waals surface area contributed by atoms with E-state index >= 15 is 0 Å². The number of hydrogen-bond donors (Lipinski definition) is 2. The van der Waals surface area contributed by atoms with Crippen molar-refractivity contribution in [3.63, 3.8) is 0 Å². The van der Waals surface area contributed by atoms with E-state index in [2.05, 4.69) is 10.5 Å². The van der Waals surface area contributed by atoms with Gasteiger partial charge in [-0.1, -0.05) is 29.8 Å². The number of carbonyl (C=O) groups excluding carboxylic acids is 1. The largest absolute Gasteiger partial charge is 0.507 e. The third-order valence-corrected chi connectivity index (χ3v) is 4.42. The Kier molecular flexibility index (Phi) is 6.61. The molecule has 0 heterocycles. The summed E-state index contributed by atoms with van der Waals surface area (Å²) in [5.41, 5.74) is 3.22. The highest BCUT2D eigenvalue weighted by Crippen LogP contribution is 2.23. The number of nitrogens with one attached hydrogen (secondary N) is 1. The number of hydrazone groups is 1. The van der Waals surface area contributed by atoms with Crippen LogP contribution < -0.4 is 10.2 Å². The summed E-state index contributed by atoms with van der Waals surface area (Å²) in [4.78, 5) is 22.2. The Bertz CT molecular complexity index is 1100. The number of aromatic hydroxyl groups is 1. The summed E-state index contributed by atoms with van der Waals surface area (Å²) in [6, 6.07) is 17.5. The normalized spacial score (nSPS) is 10.7. The second-order valence-corrected chi connectivity index (χ2v) is 6.51. The molecule has 0 atom stereocenters. The monoisotopic (exact) mass is 425 g/mol. The highest BCUT2D eigenvalue weighted by molar-refractivity contribution is 6.31. The lowest BCUT2D eigenvalue weighted by atomic mass is 10.1. The van der Waals surface area contributed by atoms with Gasteiger partial charge in [0.15, 0.2) is 0 Å². The van der Waals surface area contributed by atoms with Crippen molar-refractivity contribution >= 4 is 29.4 Å². The number of halogens is 1. The van der Waals surface area contributed by atoms with E-state index in [4.69, 9.17) is 16.3 Å². The molecule has 0 saturated heterocycles. The van der Waals surface area contributed by atoms with Gasteiger partial charge < -0.3 is 9.84 Å². The second kappa shape index (κ2) is 9.53. The van der Waals surface area contributed by atoms with E-state index in [1.165, 1.54) is 6.21 Å². The van der Waals surface area contributed by atoms with Crippen molar-refractivity contribution in [3.05, 3.63) is 98.6 Å². The molecule has 3 rings (SSSR count). The second-order valence-electron chi connectivity index (χ2n) is 6.11. The van der Waals surface area contributed by atoms with E-state index in [1.54, 1.807) is 30.3 Å². The standard InChI is InChI=1S/C21H16ClN3O5/c22-19-4-2-1-3-15(19)13-30-17-8-5-14(6-9-17)12-23-24-21(27)18-11-16(25(28)29)7-10-20(18)26/h1-12,26H,13H2,(H,24,27)/b23-12-. The molecule has 0 radical (unpaired) electrons. The number of nitrogens with zero attached hydrogens (tertiary/aromatic N) is 2. The van der Waals surface area contributed by atoms with Crippen molar-refractivity contribution in [3.8, 4) is 11.5 Å². The molecule has 0 aromatic heterocycles. The molecule has 3 aromatic rings. The van der Waals surface area contributed by atoms with Gasteiger partial charge in [0, 0.05) is 22.7 Å². The highest BCUT2D eigenvalue weighted by Gasteiger charge is 2.16. The summed E-state index contributed by atoms with van der Waals surface area (Å²) in [6.07, 6.45) is 1.39. The van der Waals surface area contributed by atoms with E-state index < -0.39 is 10.8 Å². The first-order valence-electron chi connectivity index (χ1n) is 8.71. The van der Waals surface area contributed by atoms with E-state index in [1.807, 2.05) is 18.2 Å². The number of ether oxygens (including phenoxy) is 1. The van der Waals surface area contributed by atoms with Crippen LogP contribution in [-0.2, 0) is 6.61 Å². The maximum Gasteiger partial charge on any atom is 0.275 e. The number of hydrogen-bond acceptors (Lipinski definition) is 6. The summed E-state index contributed by atoms with van der Waals surface area (Å²) in [5, 5.41) is 25.0. The molecule has 0 aliphatic heterocycles. The first-order valence-corrected chi connectivity index (χ1v) is 9.09. The number of phenolic OH excluding ortho intramolecular Hbond substituents is 1. The van der Waals surface area contributed by atoms with Crippen LogP contribution in [0.25, 0.3) is 0 Å². The summed E-state index contributed by atoms with van der Waals surface area (Å²) < 4.78 is 5.69. The van der Waals surface area contributed by atoms with Gasteiger partial charge in [-0.3, -0.25) is 14.9 Å². The van der Waals surface area contributed by atoms with Crippen molar-refractivity contribution in [2.75, 3.05) is 0 Å². The smallest absolute Gasteiger partial charge is 0.275 e. The molecule has 0 bridgehead atoms. The van der Waals surface area contributed by atoms with E-state index in [0.29, 0.717) is 22.9 Å². The zero-order valence-corrected chi connectivity index (χ0v) is 16.2. The fourth-order valence-electron chi connectivity index (χ4n) is 2.47. The van der Waals surface area contributed by atoms with Crippen LogP contribution in [0.1, 0.15) is 21.5 Å². The van der Waals surface area contributed by atoms with Gasteiger partial charge in [-0.2, -0.15) is 5.10 Å². The van der Waals surface area contributed by atoms with Crippen LogP contribution in [0.5, 0.6) is 11.5 Å². The molecular formula is C21H16ClN3O5. The molecular weight excluding hydrogens is 410 g/mol. The van der Waals surface area contributed by atoms with Gasteiger partial charge in [0.25, 0.3) is 11.6 Å². The summed E-state index contributed by atoms with van der Waals surface area (Å²) in [7, 11) is 0. The molecule has 1 amide bonds. The number of non-ortho nitro benzene ring substituents is 1. The lowest BCUT2D eigenvalue weighted by Crippen LogP contribution is -2.18.